The van der Waals surface area contributed by atoms with E-state index in [1.165, 1.54) is 11.1 Å². The maximum absolute atomic E-state index is 4.41. The minimum Gasteiger partial charge on any atom is -0.366 e. The summed E-state index contributed by atoms with van der Waals surface area (Å²) in [6.07, 6.45) is 2.84. The van der Waals surface area contributed by atoms with Gasteiger partial charge in [0.05, 0.1) is 0 Å². The van der Waals surface area contributed by atoms with Crippen molar-refractivity contribution in [3.8, 4) is 0 Å². The number of aryl methyl sites for hydroxylation is 1. The van der Waals surface area contributed by atoms with E-state index in [0.717, 1.165) is 25.3 Å². The molecule has 2 heterocycles. The van der Waals surface area contributed by atoms with Gasteiger partial charge in [-0.1, -0.05) is 6.92 Å². The molecule has 2 aromatic heterocycles. The molecule has 5 heteroatoms. The molecule has 0 fully saturated rings. The highest BCUT2D eigenvalue weighted by atomic mass is 32.1. The molecule has 18 heavy (non-hydrogen) atoms. The van der Waals surface area contributed by atoms with E-state index >= 15 is 0 Å². The maximum atomic E-state index is 4.41. The maximum Gasteiger partial charge on any atom is 0.224 e. The lowest BCUT2D eigenvalue weighted by molar-refractivity contribution is 0.950. The second-order valence-corrected chi connectivity index (χ2v) is 4.87. The Morgan fingerprint density at radius 2 is 2.17 bits per heavy atom. The van der Waals surface area contributed by atoms with Crippen molar-refractivity contribution in [2.45, 2.75) is 26.8 Å². The van der Waals surface area contributed by atoms with Crippen LogP contribution in [0.25, 0.3) is 0 Å². The highest BCUT2D eigenvalue weighted by molar-refractivity contribution is 7.08. The van der Waals surface area contributed by atoms with Crippen LogP contribution in [0.5, 0.6) is 0 Å². The van der Waals surface area contributed by atoms with Gasteiger partial charge in [0.2, 0.25) is 5.95 Å². The van der Waals surface area contributed by atoms with Crippen LogP contribution in [0.4, 0.5) is 11.8 Å². The summed E-state index contributed by atoms with van der Waals surface area (Å²) < 4.78 is 0. The Morgan fingerprint density at radius 3 is 2.89 bits per heavy atom. The van der Waals surface area contributed by atoms with Gasteiger partial charge in [0.15, 0.2) is 0 Å². The molecule has 96 valence electrons. The van der Waals surface area contributed by atoms with Crippen molar-refractivity contribution in [3.63, 3.8) is 0 Å². The van der Waals surface area contributed by atoms with E-state index in [2.05, 4.69) is 45.2 Å². The van der Waals surface area contributed by atoms with E-state index in [1.807, 2.05) is 6.07 Å². The number of hydrogen-bond donors (Lipinski definition) is 2. The van der Waals surface area contributed by atoms with Gasteiger partial charge in [-0.05, 0) is 41.3 Å². The first-order valence-electron chi connectivity index (χ1n) is 6.12. The topological polar surface area (TPSA) is 49.8 Å². The number of hydrogen-bond acceptors (Lipinski definition) is 5. The third kappa shape index (κ3) is 3.43. The van der Waals surface area contributed by atoms with Crippen LogP contribution >= 0.6 is 11.3 Å². The summed E-state index contributed by atoms with van der Waals surface area (Å²) in [6.45, 7) is 5.95. The molecule has 0 amide bonds. The van der Waals surface area contributed by atoms with E-state index in [1.54, 1.807) is 17.5 Å². The third-order valence-corrected chi connectivity index (χ3v) is 3.52. The summed E-state index contributed by atoms with van der Waals surface area (Å²) >= 11 is 1.73. The van der Waals surface area contributed by atoms with Gasteiger partial charge in [-0.25, -0.2) is 4.98 Å². The zero-order valence-corrected chi connectivity index (χ0v) is 11.5. The third-order valence-electron chi connectivity index (χ3n) is 2.61. The van der Waals surface area contributed by atoms with Crippen LogP contribution in [0, 0.1) is 6.92 Å². The molecule has 0 aliphatic heterocycles. The van der Waals surface area contributed by atoms with Crippen molar-refractivity contribution in [2.75, 3.05) is 17.2 Å². The lowest BCUT2D eigenvalue weighted by Gasteiger charge is -2.07. The molecular weight excluding hydrogens is 244 g/mol. The molecule has 0 unspecified atom stereocenters. The molecule has 0 aliphatic rings. The van der Waals surface area contributed by atoms with E-state index in [4.69, 9.17) is 0 Å². The normalized spacial score (nSPS) is 10.3. The summed E-state index contributed by atoms with van der Waals surface area (Å²) in [6, 6.07) is 1.89. The minimum absolute atomic E-state index is 0.684. The Morgan fingerprint density at radius 1 is 1.28 bits per heavy atom. The van der Waals surface area contributed by atoms with Crippen LogP contribution < -0.4 is 10.6 Å². The van der Waals surface area contributed by atoms with E-state index in [9.17, 15) is 0 Å². The zero-order chi connectivity index (χ0) is 12.8. The average Bonchev–Trinajstić information content (AvgIpc) is 2.80. The zero-order valence-electron chi connectivity index (χ0n) is 10.7. The Hall–Kier alpha value is -1.62. The highest BCUT2D eigenvalue weighted by Crippen LogP contribution is 2.15. The predicted molar refractivity (Wildman–Crippen MR) is 77.2 cm³/mol. The minimum atomic E-state index is 0.684. The van der Waals surface area contributed by atoms with Crippen molar-refractivity contribution in [2.24, 2.45) is 0 Å². The molecule has 0 spiro atoms. The summed E-state index contributed by atoms with van der Waals surface area (Å²) in [5, 5.41) is 10.8. The van der Waals surface area contributed by atoms with Gasteiger partial charge in [-0.3, -0.25) is 0 Å². The lowest BCUT2D eigenvalue weighted by Crippen LogP contribution is -2.07. The van der Waals surface area contributed by atoms with Crippen LogP contribution in [0.1, 0.15) is 24.5 Å². The SMILES string of the molecule is CCCNc1nccc(NCc2cscc2C)n1. The van der Waals surface area contributed by atoms with Crippen LogP contribution in [0.3, 0.4) is 0 Å². The van der Waals surface area contributed by atoms with Crippen molar-refractivity contribution >= 4 is 23.1 Å². The predicted octanol–water partition coefficient (Wildman–Crippen LogP) is 3.28. The van der Waals surface area contributed by atoms with Crippen LogP contribution in [-0.4, -0.2) is 16.5 Å². The van der Waals surface area contributed by atoms with Gasteiger partial charge < -0.3 is 10.6 Å². The smallest absolute Gasteiger partial charge is 0.224 e. The fraction of sp³-hybridized carbons (Fsp3) is 0.385. The van der Waals surface area contributed by atoms with Gasteiger partial charge in [-0.15, -0.1) is 0 Å². The summed E-state index contributed by atoms with van der Waals surface area (Å²) in [7, 11) is 0. The summed E-state index contributed by atoms with van der Waals surface area (Å²) in [5.41, 5.74) is 2.65. The van der Waals surface area contributed by atoms with Gasteiger partial charge in [0.25, 0.3) is 0 Å². The largest absolute Gasteiger partial charge is 0.366 e. The molecule has 2 N–H and O–H groups in total. The number of anilines is 2. The van der Waals surface area contributed by atoms with E-state index < -0.39 is 0 Å². The number of rotatable bonds is 6. The first-order chi connectivity index (χ1) is 8.79. The standard InChI is InChI=1S/C13H18N4S/c1-3-5-14-13-15-6-4-12(17-13)16-7-11-9-18-8-10(11)2/h4,6,8-9H,3,5,7H2,1-2H3,(H2,14,15,16,17). The molecule has 0 saturated heterocycles. The van der Waals surface area contributed by atoms with Gasteiger partial charge in [0, 0.05) is 19.3 Å². The van der Waals surface area contributed by atoms with E-state index in [-0.39, 0.29) is 0 Å². The second kappa shape index (κ2) is 6.35. The molecule has 0 aromatic carbocycles. The average molecular weight is 262 g/mol. The Balaban J connectivity index is 1.95. The second-order valence-electron chi connectivity index (χ2n) is 4.13. The fourth-order valence-corrected chi connectivity index (χ4v) is 2.39. The molecular formula is C13H18N4S. The van der Waals surface area contributed by atoms with Crippen molar-refractivity contribution in [1.29, 1.82) is 0 Å². The first-order valence-corrected chi connectivity index (χ1v) is 7.06. The van der Waals surface area contributed by atoms with Crippen LogP contribution in [0.15, 0.2) is 23.0 Å². The molecule has 2 rings (SSSR count). The number of nitrogens with one attached hydrogen (secondary N) is 2. The van der Waals surface area contributed by atoms with Crippen molar-refractivity contribution < 1.29 is 0 Å². The Kier molecular flexibility index (Phi) is 4.52. The number of thiophene rings is 1. The molecule has 2 aromatic rings. The quantitative estimate of drug-likeness (QED) is 0.839. The first kappa shape index (κ1) is 12.8. The Labute approximate surface area is 111 Å². The molecule has 0 radical (unpaired) electrons. The Bertz CT molecular complexity index is 495. The highest BCUT2D eigenvalue weighted by Gasteiger charge is 2.01. The van der Waals surface area contributed by atoms with Crippen molar-refractivity contribution in [1.82, 2.24) is 9.97 Å². The summed E-state index contributed by atoms with van der Waals surface area (Å²) in [5.74, 6) is 1.54. The van der Waals surface area contributed by atoms with Gasteiger partial charge >= 0.3 is 0 Å². The number of nitrogens with zero attached hydrogens (tertiary/aromatic N) is 2. The van der Waals surface area contributed by atoms with Gasteiger partial charge in [0.1, 0.15) is 5.82 Å². The van der Waals surface area contributed by atoms with Gasteiger partial charge in [-0.2, -0.15) is 16.3 Å². The van der Waals surface area contributed by atoms with E-state index in [0.29, 0.717) is 5.95 Å². The number of aromatic nitrogens is 2. The summed E-state index contributed by atoms with van der Waals surface area (Å²) in [4.78, 5) is 8.59. The fourth-order valence-electron chi connectivity index (χ4n) is 1.53. The molecule has 4 nitrogen and oxygen atoms in total. The lowest BCUT2D eigenvalue weighted by atomic mass is 10.2. The van der Waals surface area contributed by atoms with Crippen molar-refractivity contribution in [3.05, 3.63) is 34.2 Å². The molecule has 0 aliphatic carbocycles. The molecule has 0 bridgehead atoms. The monoisotopic (exact) mass is 262 g/mol. The van der Waals surface area contributed by atoms with Crippen LogP contribution in [0.2, 0.25) is 0 Å². The molecule has 0 atom stereocenters. The molecule has 0 saturated carbocycles. The van der Waals surface area contributed by atoms with Crippen LogP contribution in [-0.2, 0) is 6.54 Å².